The van der Waals surface area contributed by atoms with Crippen LogP contribution in [0.4, 0.5) is 15.2 Å². The van der Waals surface area contributed by atoms with Crippen molar-refractivity contribution in [1.29, 1.82) is 0 Å². The van der Waals surface area contributed by atoms with Crippen molar-refractivity contribution in [2.75, 3.05) is 62.3 Å². The zero-order valence-electron chi connectivity index (χ0n) is 16.2. The topological polar surface area (TPSA) is 70.2 Å². The van der Waals surface area contributed by atoms with Crippen LogP contribution in [0.5, 0.6) is 0 Å². The number of halogens is 2. The summed E-state index contributed by atoms with van der Waals surface area (Å²) in [7, 11) is 0. The van der Waals surface area contributed by atoms with Crippen molar-refractivity contribution in [2.45, 2.75) is 6.54 Å². The van der Waals surface area contributed by atoms with E-state index in [9.17, 15) is 4.39 Å². The highest BCUT2D eigenvalue weighted by Crippen LogP contribution is 2.22. The van der Waals surface area contributed by atoms with E-state index in [1.54, 1.807) is 17.4 Å². The number of piperazine rings is 1. The molecule has 7 nitrogen and oxygen atoms in total. The summed E-state index contributed by atoms with van der Waals surface area (Å²) in [6, 6.07) is 5.31. The molecule has 0 radical (unpaired) electrons. The van der Waals surface area contributed by atoms with Crippen molar-refractivity contribution in [3.8, 4) is 0 Å². The zero-order chi connectivity index (χ0) is 19.3. The van der Waals surface area contributed by atoms with E-state index in [2.05, 4.69) is 19.8 Å². The van der Waals surface area contributed by atoms with Gasteiger partial charge in [-0.05, 0) is 17.7 Å². The van der Waals surface area contributed by atoms with Gasteiger partial charge in [0.15, 0.2) is 11.1 Å². The summed E-state index contributed by atoms with van der Waals surface area (Å²) < 4.78 is 19.8. The molecule has 0 atom stereocenters. The lowest BCUT2D eigenvalue weighted by Crippen LogP contribution is -2.51. The number of hydrogen-bond acceptors (Lipinski definition) is 6. The van der Waals surface area contributed by atoms with Crippen LogP contribution in [-0.4, -0.2) is 68.3 Å². The van der Waals surface area contributed by atoms with Crippen LogP contribution >= 0.6 is 35.3 Å². The molecule has 2 aromatic rings. The molecule has 0 amide bonds. The van der Waals surface area contributed by atoms with E-state index in [-0.39, 0.29) is 29.8 Å². The van der Waals surface area contributed by atoms with Gasteiger partial charge in [0, 0.05) is 50.8 Å². The Morgan fingerprint density at radius 1 is 1.14 bits per heavy atom. The zero-order valence-corrected chi connectivity index (χ0v) is 19.3. The minimum atomic E-state index is -0.217. The molecular formula is C19H26FIN6OS. The van der Waals surface area contributed by atoms with Crippen LogP contribution in [-0.2, 0) is 11.3 Å². The summed E-state index contributed by atoms with van der Waals surface area (Å²) in [4.78, 5) is 15.2. The lowest BCUT2D eigenvalue weighted by atomic mass is 10.1. The molecule has 3 heterocycles. The molecule has 2 saturated heterocycles. The maximum Gasteiger partial charge on any atom is 0.191 e. The second-order valence-electron chi connectivity index (χ2n) is 6.85. The SMILES string of the molecule is I.NC(=NCc1ccc(N2CCOCC2)c(F)c1)N1CCN(c2nccs2)CC1. The van der Waals surface area contributed by atoms with Gasteiger partial charge in [0.1, 0.15) is 5.82 Å². The number of anilines is 2. The summed E-state index contributed by atoms with van der Waals surface area (Å²) in [5.41, 5.74) is 7.62. The van der Waals surface area contributed by atoms with Crippen molar-refractivity contribution in [3.63, 3.8) is 0 Å². The average Bonchev–Trinajstić information content (AvgIpc) is 3.28. The summed E-state index contributed by atoms with van der Waals surface area (Å²) in [6.07, 6.45) is 1.83. The van der Waals surface area contributed by atoms with Gasteiger partial charge in [-0.2, -0.15) is 0 Å². The Bertz CT molecular complexity index is 807. The molecule has 0 unspecified atom stereocenters. The third kappa shape index (κ3) is 5.48. The van der Waals surface area contributed by atoms with Crippen molar-refractivity contribution in [3.05, 3.63) is 41.2 Å². The Balaban J connectivity index is 0.00000240. The summed E-state index contributed by atoms with van der Waals surface area (Å²) in [6.45, 7) is 6.43. The summed E-state index contributed by atoms with van der Waals surface area (Å²) in [5.74, 6) is 0.293. The van der Waals surface area contributed by atoms with Gasteiger partial charge < -0.3 is 25.2 Å². The normalized spacial score (nSPS) is 18.0. The number of ether oxygens (including phenoxy) is 1. The van der Waals surface area contributed by atoms with E-state index in [4.69, 9.17) is 10.5 Å². The number of thiazole rings is 1. The fraction of sp³-hybridized carbons (Fsp3) is 0.474. The van der Waals surface area contributed by atoms with Crippen molar-refractivity contribution in [2.24, 2.45) is 10.7 Å². The van der Waals surface area contributed by atoms with Crippen LogP contribution in [0.1, 0.15) is 5.56 Å². The lowest BCUT2D eigenvalue weighted by molar-refractivity contribution is 0.122. The molecule has 29 heavy (non-hydrogen) atoms. The predicted molar refractivity (Wildman–Crippen MR) is 126 cm³/mol. The molecule has 1 aromatic carbocycles. The summed E-state index contributed by atoms with van der Waals surface area (Å²) >= 11 is 1.65. The number of nitrogens with two attached hydrogens (primary N) is 1. The van der Waals surface area contributed by atoms with Crippen molar-refractivity contribution in [1.82, 2.24) is 9.88 Å². The van der Waals surface area contributed by atoms with Crippen molar-refractivity contribution < 1.29 is 9.13 Å². The minimum absolute atomic E-state index is 0. The highest BCUT2D eigenvalue weighted by atomic mass is 127. The number of hydrogen-bond donors (Lipinski definition) is 1. The van der Waals surface area contributed by atoms with Gasteiger partial charge in [0.2, 0.25) is 0 Å². The van der Waals surface area contributed by atoms with Crippen LogP contribution in [0.3, 0.4) is 0 Å². The number of nitrogens with zero attached hydrogens (tertiary/aromatic N) is 5. The van der Waals surface area contributed by atoms with Gasteiger partial charge in [-0.1, -0.05) is 6.07 Å². The first kappa shape index (κ1) is 22.0. The third-order valence-electron chi connectivity index (χ3n) is 5.08. The molecule has 4 rings (SSSR count). The van der Waals surface area contributed by atoms with E-state index < -0.39 is 0 Å². The van der Waals surface area contributed by atoms with Crippen LogP contribution in [0.15, 0.2) is 34.8 Å². The van der Waals surface area contributed by atoms with Crippen LogP contribution in [0, 0.1) is 5.82 Å². The minimum Gasteiger partial charge on any atom is -0.378 e. The Morgan fingerprint density at radius 3 is 2.55 bits per heavy atom. The smallest absolute Gasteiger partial charge is 0.191 e. The largest absolute Gasteiger partial charge is 0.378 e. The van der Waals surface area contributed by atoms with Gasteiger partial charge in [-0.25, -0.2) is 14.4 Å². The first-order chi connectivity index (χ1) is 13.7. The molecule has 0 spiro atoms. The number of aliphatic imine (C=N–C) groups is 1. The summed E-state index contributed by atoms with van der Waals surface area (Å²) in [5, 5.41) is 3.03. The molecule has 0 bridgehead atoms. The van der Waals surface area contributed by atoms with Crippen LogP contribution in [0.2, 0.25) is 0 Å². The number of guanidine groups is 1. The molecule has 158 valence electrons. The van der Waals surface area contributed by atoms with E-state index in [1.807, 2.05) is 28.6 Å². The van der Waals surface area contributed by atoms with E-state index in [0.29, 0.717) is 44.5 Å². The highest BCUT2D eigenvalue weighted by Gasteiger charge is 2.20. The Kier molecular flexibility index (Phi) is 7.90. The first-order valence-corrected chi connectivity index (χ1v) is 10.4. The Morgan fingerprint density at radius 2 is 1.90 bits per heavy atom. The monoisotopic (exact) mass is 532 g/mol. The second kappa shape index (κ2) is 10.4. The number of morpholine rings is 1. The quantitative estimate of drug-likeness (QED) is 0.371. The molecule has 1 aromatic heterocycles. The Hall–Kier alpha value is -1.66. The molecule has 2 aliphatic heterocycles. The molecule has 0 aliphatic carbocycles. The fourth-order valence-electron chi connectivity index (χ4n) is 3.48. The average molecular weight is 532 g/mol. The lowest BCUT2D eigenvalue weighted by Gasteiger charge is -2.35. The van der Waals surface area contributed by atoms with Gasteiger partial charge in [0.25, 0.3) is 0 Å². The van der Waals surface area contributed by atoms with Gasteiger partial charge in [-0.15, -0.1) is 35.3 Å². The van der Waals surface area contributed by atoms with Gasteiger partial charge >= 0.3 is 0 Å². The van der Waals surface area contributed by atoms with Crippen LogP contribution < -0.4 is 15.5 Å². The second-order valence-corrected chi connectivity index (χ2v) is 7.72. The molecule has 0 saturated carbocycles. The van der Waals surface area contributed by atoms with E-state index >= 15 is 0 Å². The number of benzene rings is 1. The molecule has 10 heteroatoms. The molecule has 2 N–H and O–H groups in total. The molecule has 2 fully saturated rings. The molecule has 2 aliphatic rings. The third-order valence-corrected chi connectivity index (χ3v) is 5.91. The highest BCUT2D eigenvalue weighted by molar-refractivity contribution is 14.0. The fourth-order valence-corrected chi connectivity index (χ4v) is 4.18. The first-order valence-electron chi connectivity index (χ1n) is 9.51. The standard InChI is InChI=1S/C19H25FN6OS.HI/c20-16-13-15(1-2-17(16)24-8-10-27-11-9-24)14-23-18(21)25-4-6-26(7-5-25)19-22-3-12-28-19;/h1-3,12-13H,4-11,14H2,(H2,21,23);1H. The number of rotatable bonds is 4. The maximum atomic E-state index is 14.5. The Labute approximate surface area is 191 Å². The predicted octanol–water partition coefficient (Wildman–Crippen LogP) is 2.37. The van der Waals surface area contributed by atoms with E-state index in [0.717, 1.165) is 36.9 Å². The molecular weight excluding hydrogens is 506 g/mol. The van der Waals surface area contributed by atoms with E-state index in [1.165, 1.54) is 0 Å². The van der Waals surface area contributed by atoms with Crippen LogP contribution in [0.25, 0.3) is 0 Å². The maximum absolute atomic E-state index is 14.5. The number of aromatic nitrogens is 1. The van der Waals surface area contributed by atoms with Gasteiger partial charge in [-0.3, -0.25) is 0 Å². The van der Waals surface area contributed by atoms with Crippen molar-refractivity contribution >= 4 is 52.1 Å². The van der Waals surface area contributed by atoms with Gasteiger partial charge in [0.05, 0.1) is 25.4 Å².